The largest absolute Gasteiger partial charge is 0.354 e. The third kappa shape index (κ3) is 3.01. The summed E-state index contributed by atoms with van der Waals surface area (Å²) in [5.41, 5.74) is 0.675. The van der Waals surface area contributed by atoms with E-state index in [9.17, 15) is 8.78 Å². The summed E-state index contributed by atoms with van der Waals surface area (Å²) in [5, 5.41) is 2.94. The first-order valence-corrected chi connectivity index (χ1v) is 6.45. The van der Waals surface area contributed by atoms with Crippen LogP contribution < -0.4 is 10.2 Å². The average molecular weight is 278 g/mol. The number of anilines is 3. The minimum atomic E-state index is -0.516. The maximum absolute atomic E-state index is 13.9. The molecule has 0 radical (unpaired) electrons. The minimum absolute atomic E-state index is 0.171. The van der Waals surface area contributed by atoms with Gasteiger partial charge in [0.2, 0.25) is 5.95 Å². The molecule has 0 atom stereocenters. The van der Waals surface area contributed by atoms with Gasteiger partial charge in [0, 0.05) is 18.8 Å². The summed E-state index contributed by atoms with van der Waals surface area (Å²) in [4.78, 5) is 9.70. The second-order valence-corrected chi connectivity index (χ2v) is 4.12. The molecule has 2 aromatic rings. The number of nitrogens with zero attached hydrogens (tertiary/aromatic N) is 3. The van der Waals surface area contributed by atoms with Gasteiger partial charge in [0.1, 0.15) is 5.82 Å². The molecule has 0 aliphatic carbocycles. The van der Waals surface area contributed by atoms with Crippen molar-refractivity contribution >= 4 is 17.5 Å². The van der Waals surface area contributed by atoms with E-state index < -0.39 is 5.82 Å². The van der Waals surface area contributed by atoms with Gasteiger partial charge in [0.05, 0.1) is 6.20 Å². The maximum Gasteiger partial charge on any atom is 0.224 e. The van der Waals surface area contributed by atoms with Crippen molar-refractivity contribution in [2.24, 2.45) is 0 Å². The van der Waals surface area contributed by atoms with E-state index in [2.05, 4.69) is 15.3 Å². The molecule has 2 rings (SSSR count). The molecule has 0 spiro atoms. The number of hydrogen-bond donors (Lipinski definition) is 1. The Bertz CT molecular complexity index is 572. The van der Waals surface area contributed by atoms with E-state index in [4.69, 9.17) is 0 Å². The molecule has 0 fully saturated rings. The number of halogens is 2. The fraction of sp³-hybridized carbons (Fsp3) is 0.286. The molecule has 1 aromatic carbocycles. The third-order valence-corrected chi connectivity index (χ3v) is 2.77. The van der Waals surface area contributed by atoms with Crippen LogP contribution in [0.15, 0.2) is 30.5 Å². The lowest BCUT2D eigenvalue weighted by molar-refractivity contribution is 0.611. The van der Waals surface area contributed by atoms with Gasteiger partial charge in [-0.15, -0.1) is 0 Å². The summed E-state index contributed by atoms with van der Waals surface area (Å²) in [5.74, 6) is -0.311. The molecule has 0 saturated carbocycles. The zero-order chi connectivity index (χ0) is 14.5. The van der Waals surface area contributed by atoms with E-state index in [1.165, 1.54) is 12.1 Å². The van der Waals surface area contributed by atoms with Gasteiger partial charge in [0.25, 0.3) is 0 Å². The lowest BCUT2D eigenvalue weighted by Crippen LogP contribution is -2.20. The van der Waals surface area contributed by atoms with E-state index in [1.807, 2.05) is 13.8 Å². The van der Waals surface area contributed by atoms with E-state index in [-0.39, 0.29) is 11.6 Å². The van der Waals surface area contributed by atoms with Crippen LogP contribution in [0.5, 0.6) is 0 Å². The van der Waals surface area contributed by atoms with Crippen LogP contribution in [0.2, 0.25) is 0 Å². The number of rotatable bonds is 5. The molecule has 0 aliphatic rings. The Morgan fingerprint density at radius 3 is 2.45 bits per heavy atom. The van der Waals surface area contributed by atoms with Gasteiger partial charge in [-0.1, -0.05) is 0 Å². The maximum atomic E-state index is 13.9. The van der Waals surface area contributed by atoms with Crippen molar-refractivity contribution in [1.29, 1.82) is 0 Å². The van der Waals surface area contributed by atoms with Gasteiger partial charge >= 0.3 is 0 Å². The fourth-order valence-corrected chi connectivity index (χ4v) is 1.87. The molecule has 6 heteroatoms. The lowest BCUT2D eigenvalue weighted by atomic mass is 10.2. The second kappa shape index (κ2) is 6.27. The Kier molecular flexibility index (Phi) is 4.45. The number of hydrogen-bond acceptors (Lipinski definition) is 4. The Labute approximate surface area is 116 Å². The molecule has 0 unspecified atom stereocenters. The molecule has 1 aromatic heterocycles. The first kappa shape index (κ1) is 14.2. The molecule has 1 N–H and O–H groups in total. The zero-order valence-corrected chi connectivity index (χ0v) is 11.4. The fourth-order valence-electron chi connectivity index (χ4n) is 1.87. The first-order chi connectivity index (χ1) is 9.65. The topological polar surface area (TPSA) is 41.1 Å². The molecule has 20 heavy (non-hydrogen) atoms. The predicted octanol–water partition coefficient (Wildman–Crippen LogP) is 3.34. The van der Waals surface area contributed by atoms with Crippen LogP contribution in [-0.4, -0.2) is 23.1 Å². The molecular formula is C14H16F2N4. The summed E-state index contributed by atoms with van der Waals surface area (Å²) in [7, 11) is 0. The van der Waals surface area contributed by atoms with E-state index in [0.717, 1.165) is 6.20 Å². The van der Waals surface area contributed by atoms with Crippen molar-refractivity contribution in [1.82, 2.24) is 9.97 Å². The highest BCUT2D eigenvalue weighted by Crippen LogP contribution is 2.26. The van der Waals surface area contributed by atoms with Crippen LogP contribution in [-0.2, 0) is 0 Å². The molecule has 0 saturated heterocycles. The highest BCUT2D eigenvalue weighted by molar-refractivity contribution is 5.61. The SMILES string of the molecule is CCNc1ncc(F)c(N(CC)c2ccc(F)cc2)n1. The second-order valence-electron chi connectivity index (χ2n) is 4.12. The van der Waals surface area contributed by atoms with E-state index in [0.29, 0.717) is 24.7 Å². The van der Waals surface area contributed by atoms with Crippen molar-refractivity contribution in [2.45, 2.75) is 13.8 Å². The Hall–Kier alpha value is -2.24. The summed E-state index contributed by atoms with van der Waals surface area (Å²) in [6, 6.07) is 5.85. The van der Waals surface area contributed by atoms with Crippen LogP contribution in [0.4, 0.5) is 26.2 Å². The summed E-state index contributed by atoms with van der Waals surface area (Å²) < 4.78 is 26.9. The molecule has 0 bridgehead atoms. The Morgan fingerprint density at radius 1 is 1.15 bits per heavy atom. The van der Waals surface area contributed by atoms with E-state index in [1.54, 1.807) is 17.0 Å². The van der Waals surface area contributed by atoms with E-state index >= 15 is 0 Å². The standard InChI is InChI=1S/C14H16F2N4/c1-3-17-14-18-9-12(16)13(19-14)20(4-2)11-7-5-10(15)6-8-11/h5-9H,3-4H2,1-2H3,(H,17,18,19). The molecular weight excluding hydrogens is 262 g/mol. The van der Waals surface area contributed by atoms with Gasteiger partial charge in [-0.25, -0.2) is 13.8 Å². The highest BCUT2D eigenvalue weighted by Gasteiger charge is 2.15. The van der Waals surface area contributed by atoms with Crippen molar-refractivity contribution in [3.63, 3.8) is 0 Å². The average Bonchev–Trinajstić information content (AvgIpc) is 2.45. The predicted molar refractivity (Wildman–Crippen MR) is 75.2 cm³/mol. The van der Waals surface area contributed by atoms with Crippen LogP contribution in [0.25, 0.3) is 0 Å². The van der Waals surface area contributed by atoms with Crippen LogP contribution >= 0.6 is 0 Å². The van der Waals surface area contributed by atoms with Crippen molar-refractivity contribution in [3.8, 4) is 0 Å². The van der Waals surface area contributed by atoms with Crippen molar-refractivity contribution < 1.29 is 8.78 Å². The third-order valence-electron chi connectivity index (χ3n) is 2.77. The molecule has 1 heterocycles. The summed E-state index contributed by atoms with van der Waals surface area (Å²) >= 11 is 0. The lowest BCUT2D eigenvalue weighted by Gasteiger charge is -2.22. The summed E-state index contributed by atoms with van der Waals surface area (Å²) in [6.45, 7) is 4.93. The van der Waals surface area contributed by atoms with Gasteiger partial charge in [0.15, 0.2) is 11.6 Å². The quantitative estimate of drug-likeness (QED) is 0.910. The number of benzene rings is 1. The van der Waals surface area contributed by atoms with Gasteiger partial charge in [-0.2, -0.15) is 4.98 Å². The van der Waals surface area contributed by atoms with Crippen molar-refractivity contribution in [3.05, 3.63) is 42.1 Å². The molecule has 0 amide bonds. The normalized spacial score (nSPS) is 10.4. The van der Waals surface area contributed by atoms with Crippen LogP contribution in [0.1, 0.15) is 13.8 Å². The smallest absolute Gasteiger partial charge is 0.224 e. The van der Waals surface area contributed by atoms with Gasteiger partial charge in [-0.3, -0.25) is 0 Å². The highest BCUT2D eigenvalue weighted by atomic mass is 19.1. The minimum Gasteiger partial charge on any atom is -0.354 e. The van der Waals surface area contributed by atoms with Crippen molar-refractivity contribution in [2.75, 3.05) is 23.3 Å². The van der Waals surface area contributed by atoms with Gasteiger partial charge in [-0.05, 0) is 38.1 Å². The Balaban J connectivity index is 2.40. The molecule has 4 nitrogen and oxygen atoms in total. The molecule has 0 aliphatic heterocycles. The first-order valence-electron chi connectivity index (χ1n) is 6.45. The number of aromatic nitrogens is 2. The summed E-state index contributed by atoms with van der Waals surface area (Å²) in [6.07, 6.45) is 1.13. The van der Waals surface area contributed by atoms with Gasteiger partial charge < -0.3 is 10.2 Å². The molecule has 106 valence electrons. The monoisotopic (exact) mass is 278 g/mol. The van der Waals surface area contributed by atoms with Crippen LogP contribution in [0.3, 0.4) is 0 Å². The number of nitrogens with one attached hydrogen (secondary N) is 1. The van der Waals surface area contributed by atoms with Crippen LogP contribution in [0, 0.1) is 11.6 Å². The Morgan fingerprint density at radius 2 is 1.85 bits per heavy atom. The zero-order valence-electron chi connectivity index (χ0n) is 11.4.